The van der Waals surface area contributed by atoms with Crippen molar-refractivity contribution < 1.29 is 4.79 Å². The van der Waals surface area contributed by atoms with Crippen LogP contribution in [0.5, 0.6) is 0 Å². The van der Waals surface area contributed by atoms with Gasteiger partial charge >= 0.3 is 0 Å². The largest absolute Gasteiger partial charge is 0.350 e. The lowest BCUT2D eigenvalue weighted by molar-refractivity contribution is 0.0950. The van der Waals surface area contributed by atoms with Gasteiger partial charge in [-0.2, -0.15) is 5.10 Å². The fourth-order valence-corrected chi connectivity index (χ4v) is 2.21. The molecule has 5 nitrogen and oxygen atoms in total. The molecule has 1 heterocycles. The SMILES string of the molecule is Cl.NC(CNC(=O)c1cccc(-n2cccn2)c1)C1CC1. The minimum absolute atomic E-state index is 0. The number of aromatic nitrogens is 2. The molecule has 3 rings (SSSR count). The fraction of sp³-hybridized carbons (Fsp3) is 0.333. The average Bonchev–Trinajstić information content (AvgIpc) is 3.19. The van der Waals surface area contributed by atoms with Crippen LogP contribution < -0.4 is 11.1 Å². The van der Waals surface area contributed by atoms with Gasteiger partial charge in [0.25, 0.3) is 5.91 Å². The third kappa shape index (κ3) is 3.83. The van der Waals surface area contributed by atoms with Crippen LogP contribution in [-0.4, -0.2) is 28.3 Å². The number of carbonyl (C=O) groups is 1. The molecule has 1 aromatic carbocycles. The Kier molecular flexibility index (Phi) is 4.98. The lowest BCUT2D eigenvalue weighted by atomic mass is 10.1. The van der Waals surface area contributed by atoms with Gasteiger partial charge in [-0.3, -0.25) is 4.79 Å². The molecule has 1 aliphatic carbocycles. The summed E-state index contributed by atoms with van der Waals surface area (Å²) in [6, 6.07) is 9.32. The van der Waals surface area contributed by atoms with E-state index in [1.807, 2.05) is 30.5 Å². The summed E-state index contributed by atoms with van der Waals surface area (Å²) in [5.74, 6) is 0.501. The van der Waals surface area contributed by atoms with Crippen LogP contribution in [0.4, 0.5) is 0 Å². The minimum atomic E-state index is -0.0879. The van der Waals surface area contributed by atoms with Crippen molar-refractivity contribution in [3.63, 3.8) is 0 Å². The number of nitrogens with zero attached hydrogens (tertiary/aromatic N) is 2. The van der Waals surface area contributed by atoms with Crippen molar-refractivity contribution in [2.75, 3.05) is 6.54 Å². The molecule has 6 heteroatoms. The van der Waals surface area contributed by atoms with Crippen LogP contribution in [0.25, 0.3) is 5.69 Å². The Morgan fingerprint density at radius 3 is 2.90 bits per heavy atom. The van der Waals surface area contributed by atoms with E-state index in [4.69, 9.17) is 5.73 Å². The van der Waals surface area contributed by atoms with Crippen molar-refractivity contribution in [3.05, 3.63) is 48.3 Å². The van der Waals surface area contributed by atoms with Crippen LogP contribution in [0.3, 0.4) is 0 Å². The first-order chi connectivity index (χ1) is 9.74. The molecule has 3 N–H and O–H groups in total. The van der Waals surface area contributed by atoms with Crippen molar-refractivity contribution >= 4 is 18.3 Å². The molecule has 0 spiro atoms. The first-order valence-electron chi connectivity index (χ1n) is 6.88. The average molecular weight is 307 g/mol. The van der Waals surface area contributed by atoms with Gasteiger partial charge in [-0.05, 0) is 43.0 Å². The molecule has 1 aromatic heterocycles. The Bertz CT molecular complexity index is 595. The number of hydrogen-bond donors (Lipinski definition) is 2. The summed E-state index contributed by atoms with van der Waals surface area (Å²) in [4.78, 5) is 12.1. The number of hydrogen-bond acceptors (Lipinski definition) is 3. The summed E-state index contributed by atoms with van der Waals surface area (Å²) in [6.45, 7) is 0.537. The summed E-state index contributed by atoms with van der Waals surface area (Å²) < 4.78 is 1.73. The Morgan fingerprint density at radius 2 is 2.24 bits per heavy atom. The number of benzene rings is 1. The molecule has 1 aliphatic rings. The van der Waals surface area contributed by atoms with Gasteiger partial charge in [0, 0.05) is 30.5 Å². The van der Waals surface area contributed by atoms with E-state index >= 15 is 0 Å². The highest BCUT2D eigenvalue weighted by molar-refractivity contribution is 5.94. The van der Waals surface area contributed by atoms with E-state index in [-0.39, 0.29) is 24.4 Å². The van der Waals surface area contributed by atoms with Crippen LogP contribution in [0.15, 0.2) is 42.7 Å². The molecule has 112 valence electrons. The van der Waals surface area contributed by atoms with Crippen molar-refractivity contribution in [1.29, 1.82) is 0 Å². The van der Waals surface area contributed by atoms with Crippen molar-refractivity contribution in [2.45, 2.75) is 18.9 Å². The fourth-order valence-electron chi connectivity index (χ4n) is 2.21. The molecule has 1 saturated carbocycles. The Labute approximate surface area is 129 Å². The molecule has 1 fully saturated rings. The molecule has 1 amide bonds. The summed E-state index contributed by atoms with van der Waals surface area (Å²) in [7, 11) is 0. The van der Waals surface area contributed by atoms with Crippen molar-refractivity contribution in [3.8, 4) is 5.69 Å². The zero-order valence-electron chi connectivity index (χ0n) is 11.6. The third-order valence-corrected chi connectivity index (χ3v) is 3.60. The predicted octanol–water partition coefficient (Wildman–Crippen LogP) is 1.76. The van der Waals surface area contributed by atoms with Crippen LogP contribution in [-0.2, 0) is 0 Å². The van der Waals surface area contributed by atoms with Crippen molar-refractivity contribution in [2.24, 2.45) is 11.7 Å². The van der Waals surface area contributed by atoms with E-state index in [1.54, 1.807) is 16.9 Å². The molecule has 2 aromatic rings. The summed E-state index contributed by atoms with van der Waals surface area (Å²) in [5, 5.41) is 7.06. The maximum atomic E-state index is 12.1. The van der Waals surface area contributed by atoms with E-state index in [1.165, 1.54) is 12.8 Å². The number of amides is 1. The smallest absolute Gasteiger partial charge is 0.251 e. The number of rotatable bonds is 5. The van der Waals surface area contributed by atoms with E-state index < -0.39 is 0 Å². The first-order valence-corrected chi connectivity index (χ1v) is 6.88. The topological polar surface area (TPSA) is 72.9 Å². The van der Waals surface area contributed by atoms with Gasteiger partial charge in [0.05, 0.1) is 5.69 Å². The molecule has 1 atom stereocenters. The second kappa shape index (κ2) is 6.74. The van der Waals surface area contributed by atoms with Crippen LogP contribution >= 0.6 is 12.4 Å². The van der Waals surface area contributed by atoms with E-state index in [0.29, 0.717) is 18.0 Å². The van der Waals surface area contributed by atoms with Gasteiger partial charge in [0.1, 0.15) is 0 Å². The maximum absolute atomic E-state index is 12.1. The van der Waals surface area contributed by atoms with Crippen molar-refractivity contribution in [1.82, 2.24) is 15.1 Å². The highest BCUT2D eigenvalue weighted by atomic mass is 35.5. The highest BCUT2D eigenvalue weighted by Gasteiger charge is 2.28. The van der Waals surface area contributed by atoms with Gasteiger partial charge in [0.2, 0.25) is 0 Å². The number of nitrogens with two attached hydrogens (primary N) is 1. The first kappa shape index (κ1) is 15.5. The minimum Gasteiger partial charge on any atom is -0.350 e. The normalized spacial score (nSPS) is 15.1. The monoisotopic (exact) mass is 306 g/mol. The van der Waals surface area contributed by atoms with E-state index in [2.05, 4.69) is 10.4 Å². The number of carbonyl (C=O) groups excluding carboxylic acids is 1. The maximum Gasteiger partial charge on any atom is 0.251 e. The lowest BCUT2D eigenvalue weighted by Crippen LogP contribution is -2.38. The van der Waals surface area contributed by atoms with Gasteiger partial charge in [-0.25, -0.2) is 4.68 Å². The Hall–Kier alpha value is -1.85. The van der Waals surface area contributed by atoms with Gasteiger partial charge < -0.3 is 11.1 Å². The standard InChI is InChI=1S/C15H18N4O.ClH/c16-14(11-5-6-11)10-17-15(20)12-3-1-4-13(9-12)19-8-2-7-18-19;/h1-4,7-9,11,14H,5-6,10,16H2,(H,17,20);1H. The summed E-state index contributed by atoms with van der Waals surface area (Å²) >= 11 is 0. The van der Waals surface area contributed by atoms with Gasteiger partial charge in [-0.1, -0.05) is 6.07 Å². The molecule has 0 radical (unpaired) electrons. The zero-order chi connectivity index (χ0) is 13.9. The van der Waals surface area contributed by atoms with Crippen LogP contribution in [0.1, 0.15) is 23.2 Å². The molecular formula is C15H19ClN4O. The summed E-state index contributed by atoms with van der Waals surface area (Å²) in [5.41, 5.74) is 7.48. The van der Waals surface area contributed by atoms with Crippen LogP contribution in [0.2, 0.25) is 0 Å². The third-order valence-electron chi connectivity index (χ3n) is 3.60. The second-order valence-electron chi connectivity index (χ2n) is 5.21. The van der Waals surface area contributed by atoms with E-state index in [9.17, 15) is 4.79 Å². The summed E-state index contributed by atoms with van der Waals surface area (Å²) in [6.07, 6.45) is 5.93. The quantitative estimate of drug-likeness (QED) is 0.884. The predicted molar refractivity (Wildman–Crippen MR) is 83.8 cm³/mol. The van der Waals surface area contributed by atoms with E-state index in [0.717, 1.165) is 5.69 Å². The molecule has 0 saturated heterocycles. The lowest BCUT2D eigenvalue weighted by Gasteiger charge is -2.12. The second-order valence-corrected chi connectivity index (χ2v) is 5.21. The number of halogens is 1. The van der Waals surface area contributed by atoms with Gasteiger partial charge in [-0.15, -0.1) is 12.4 Å². The number of nitrogens with one attached hydrogen (secondary N) is 1. The Balaban J connectivity index is 0.00000161. The molecule has 0 aliphatic heterocycles. The molecule has 0 bridgehead atoms. The molecule has 1 unspecified atom stereocenters. The van der Waals surface area contributed by atoms with Crippen LogP contribution in [0, 0.1) is 5.92 Å². The molecule has 21 heavy (non-hydrogen) atoms. The highest BCUT2D eigenvalue weighted by Crippen LogP contribution is 2.31. The Morgan fingerprint density at radius 1 is 1.43 bits per heavy atom. The molecular weight excluding hydrogens is 288 g/mol. The van der Waals surface area contributed by atoms with Gasteiger partial charge in [0.15, 0.2) is 0 Å². The zero-order valence-corrected chi connectivity index (χ0v) is 12.4.